The van der Waals surface area contributed by atoms with E-state index in [2.05, 4.69) is 20.9 Å². The molecule has 3 aromatic rings. The molecule has 5 rings (SSSR count). The molecule has 2 aliphatic rings. The number of nitrogens with one attached hydrogen (secondary N) is 3. The van der Waals surface area contributed by atoms with Crippen molar-refractivity contribution < 1.29 is 18.4 Å². The molecule has 34 heavy (non-hydrogen) atoms. The summed E-state index contributed by atoms with van der Waals surface area (Å²) in [6.45, 7) is 1.71. The molecule has 0 spiro atoms. The minimum atomic E-state index is -0.921. The monoisotopic (exact) mass is 462 g/mol. The van der Waals surface area contributed by atoms with Gasteiger partial charge in [0.05, 0.1) is 0 Å². The normalized spacial score (nSPS) is 19.0. The summed E-state index contributed by atoms with van der Waals surface area (Å²) in [6, 6.07) is 17.1. The fourth-order valence-corrected chi connectivity index (χ4v) is 4.67. The van der Waals surface area contributed by atoms with Gasteiger partial charge in [0.1, 0.15) is 17.7 Å². The predicted molar refractivity (Wildman–Crippen MR) is 126 cm³/mol. The average Bonchev–Trinajstić information content (AvgIpc) is 3.38. The third-order valence-electron chi connectivity index (χ3n) is 6.38. The Morgan fingerprint density at radius 3 is 2.59 bits per heavy atom. The van der Waals surface area contributed by atoms with Crippen LogP contribution in [0.15, 0.2) is 66.7 Å². The summed E-state index contributed by atoms with van der Waals surface area (Å²) in [5.74, 6) is -1.73. The van der Waals surface area contributed by atoms with Crippen molar-refractivity contribution in [2.45, 2.75) is 24.9 Å². The Kier molecular flexibility index (Phi) is 5.88. The molecular formula is C26H24F2N4O2. The summed E-state index contributed by atoms with van der Waals surface area (Å²) in [5, 5.41) is 7.94. The molecule has 0 aromatic heterocycles. The van der Waals surface area contributed by atoms with Crippen LogP contribution in [0.1, 0.15) is 22.6 Å². The van der Waals surface area contributed by atoms with Gasteiger partial charge in [0.15, 0.2) is 0 Å². The lowest BCUT2D eigenvalue weighted by molar-refractivity contribution is -0.120. The Balaban J connectivity index is 1.33. The van der Waals surface area contributed by atoms with Gasteiger partial charge in [-0.25, -0.2) is 13.6 Å². The third-order valence-corrected chi connectivity index (χ3v) is 6.38. The zero-order valence-corrected chi connectivity index (χ0v) is 18.4. The van der Waals surface area contributed by atoms with Gasteiger partial charge in [-0.2, -0.15) is 0 Å². The smallest absolute Gasteiger partial charge is 0.319 e. The van der Waals surface area contributed by atoms with E-state index < -0.39 is 29.6 Å². The number of carbonyl (C=O) groups is 2. The summed E-state index contributed by atoms with van der Waals surface area (Å²) < 4.78 is 28.4. The highest BCUT2D eigenvalue weighted by Gasteiger charge is 2.39. The molecule has 8 heteroatoms. The van der Waals surface area contributed by atoms with Crippen LogP contribution in [0.3, 0.4) is 0 Å². The summed E-state index contributed by atoms with van der Waals surface area (Å²) in [7, 11) is 0. The van der Waals surface area contributed by atoms with Crippen molar-refractivity contribution in [2.75, 3.05) is 23.3 Å². The zero-order valence-electron chi connectivity index (χ0n) is 18.4. The van der Waals surface area contributed by atoms with Gasteiger partial charge >= 0.3 is 6.03 Å². The van der Waals surface area contributed by atoms with Crippen LogP contribution >= 0.6 is 0 Å². The number of nitrogens with zero attached hydrogens (tertiary/aromatic N) is 1. The van der Waals surface area contributed by atoms with E-state index in [1.807, 2.05) is 36.4 Å². The number of halogens is 2. The van der Waals surface area contributed by atoms with Crippen LogP contribution in [0.25, 0.3) is 0 Å². The van der Waals surface area contributed by atoms with E-state index in [0.29, 0.717) is 17.8 Å². The molecule has 2 atom stereocenters. The second-order valence-electron chi connectivity index (χ2n) is 8.59. The number of benzene rings is 3. The predicted octanol–water partition coefficient (Wildman–Crippen LogP) is 3.93. The molecule has 3 N–H and O–H groups in total. The Morgan fingerprint density at radius 1 is 1.06 bits per heavy atom. The standard InChI is InChI=1S/C26H24F2N4O2/c27-18-6-8-19(9-7-18)30-26(34)31-24-21(14-29-25(24)33)20-12-17-10-11-32(23(17)13-22(20)28)15-16-4-2-1-3-5-16/h1-9,12-13,21,24H,10-11,14-15H2,(H,29,33)(H2,30,31,34)/t21-,24-/m0/s1. The van der Waals surface area contributed by atoms with E-state index in [-0.39, 0.29) is 12.5 Å². The van der Waals surface area contributed by atoms with Gasteiger partial charge < -0.3 is 20.9 Å². The van der Waals surface area contributed by atoms with E-state index in [4.69, 9.17) is 0 Å². The number of rotatable bonds is 5. The van der Waals surface area contributed by atoms with E-state index in [9.17, 15) is 14.0 Å². The van der Waals surface area contributed by atoms with Gasteiger partial charge in [-0.3, -0.25) is 4.79 Å². The lowest BCUT2D eigenvalue weighted by Crippen LogP contribution is -2.44. The fraction of sp³-hybridized carbons (Fsp3) is 0.231. The Labute approximate surface area is 196 Å². The van der Waals surface area contributed by atoms with Crippen LogP contribution in [0.4, 0.5) is 25.0 Å². The molecule has 6 nitrogen and oxygen atoms in total. The topological polar surface area (TPSA) is 73.5 Å². The summed E-state index contributed by atoms with van der Waals surface area (Å²) >= 11 is 0. The highest BCUT2D eigenvalue weighted by Crippen LogP contribution is 2.36. The quantitative estimate of drug-likeness (QED) is 0.538. The van der Waals surface area contributed by atoms with Gasteiger partial charge in [0, 0.05) is 36.9 Å². The number of carbonyl (C=O) groups excluding carboxylic acids is 2. The Hall–Kier alpha value is -3.94. The molecule has 1 fully saturated rings. The van der Waals surface area contributed by atoms with Gasteiger partial charge in [-0.05, 0) is 53.4 Å². The van der Waals surface area contributed by atoms with Crippen LogP contribution in [0.2, 0.25) is 0 Å². The van der Waals surface area contributed by atoms with Gasteiger partial charge in [0.2, 0.25) is 5.91 Å². The molecule has 0 aliphatic carbocycles. The minimum Gasteiger partial charge on any atom is -0.367 e. The van der Waals surface area contributed by atoms with Crippen LogP contribution in [-0.4, -0.2) is 31.1 Å². The van der Waals surface area contributed by atoms with Gasteiger partial charge in [0.25, 0.3) is 0 Å². The van der Waals surface area contributed by atoms with Crippen molar-refractivity contribution in [3.63, 3.8) is 0 Å². The van der Waals surface area contributed by atoms with Crippen molar-refractivity contribution in [3.8, 4) is 0 Å². The molecule has 0 unspecified atom stereocenters. The maximum absolute atomic E-state index is 15.3. The zero-order chi connectivity index (χ0) is 23.7. The maximum atomic E-state index is 15.3. The SMILES string of the molecule is O=C(Nc1ccc(F)cc1)N[C@@H]1C(=O)NC[C@H]1c1cc2c(cc1F)N(Cc1ccccc1)CC2. The van der Waals surface area contributed by atoms with E-state index in [1.165, 1.54) is 24.3 Å². The van der Waals surface area contributed by atoms with E-state index >= 15 is 4.39 Å². The maximum Gasteiger partial charge on any atom is 0.319 e. The molecule has 3 amide bonds. The molecule has 1 saturated heterocycles. The van der Waals surface area contributed by atoms with Crippen LogP contribution in [0, 0.1) is 11.6 Å². The van der Waals surface area contributed by atoms with Gasteiger partial charge in [-0.15, -0.1) is 0 Å². The lowest BCUT2D eigenvalue weighted by atomic mass is 9.91. The molecular weight excluding hydrogens is 438 g/mol. The van der Waals surface area contributed by atoms with Crippen LogP contribution < -0.4 is 20.9 Å². The highest BCUT2D eigenvalue weighted by molar-refractivity contribution is 5.95. The fourth-order valence-electron chi connectivity index (χ4n) is 4.67. The molecule has 174 valence electrons. The number of amides is 3. The summed E-state index contributed by atoms with van der Waals surface area (Å²) in [5.41, 5.74) is 3.84. The van der Waals surface area contributed by atoms with Crippen molar-refractivity contribution in [1.29, 1.82) is 0 Å². The number of hydrogen-bond acceptors (Lipinski definition) is 3. The first-order chi connectivity index (χ1) is 16.5. The number of urea groups is 1. The third kappa shape index (κ3) is 4.44. The van der Waals surface area contributed by atoms with E-state index in [0.717, 1.165) is 29.8 Å². The first-order valence-electron chi connectivity index (χ1n) is 11.2. The second-order valence-corrected chi connectivity index (χ2v) is 8.59. The van der Waals surface area contributed by atoms with Gasteiger partial charge in [-0.1, -0.05) is 36.4 Å². The average molecular weight is 463 g/mol. The first-order valence-corrected chi connectivity index (χ1v) is 11.2. The highest BCUT2D eigenvalue weighted by atomic mass is 19.1. The van der Waals surface area contributed by atoms with E-state index in [1.54, 1.807) is 6.07 Å². The Morgan fingerprint density at radius 2 is 1.82 bits per heavy atom. The molecule has 2 heterocycles. The van der Waals surface area contributed by atoms with Crippen LogP contribution in [-0.2, 0) is 17.8 Å². The van der Waals surface area contributed by atoms with Crippen molar-refractivity contribution in [3.05, 3.63) is 95.1 Å². The molecule has 3 aromatic carbocycles. The number of hydrogen-bond donors (Lipinski definition) is 3. The first kappa shape index (κ1) is 21.9. The van der Waals surface area contributed by atoms with Crippen molar-refractivity contribution in [2.24, 2.45) is 0 Å². The Bertz CT molecular complexity index is 1220. The molecule has 0 saturated carbocycles. The molecule has 2 aliphatic heterocycles. The summed E-state index contributed by atoms with van der Waals surface area (Å²) in [6.07, 6.45) is 0.784. The van der Waals surface area contributed by atoms with Crippen molar-refractivity contribution >= 4 is 23.3 Å². The summed E-state index contributed by atoms with van der Waals surface area (Å²) in [4.78, 5) is 27.1. The largest absolute Gasteiger partial charge is 0.367 e. The lowest BCUT2D eigenvalue weighted by Gasteiger charge is -2.22. The number of fused-ring (bicyclic) bond motifs is 1. The van der Waals surface area contributed by atoms with Crippen LogP contribution in [0.5, 0.6) is 0 Å². The number of anilines is 2. The molecule has 0 radical (unpaired) electrons. The van der Waals surface area contributed by atoms with Crippen molar-refractivity contribution in [1.82, 2.24) is 10.6 Å². The minimum absolute atomic E-state index is 0.226. The second kappa shape index (κ2) is 9.13. The molecule has 0 bridgehead atoms.